The lowest BCUT2D eigenvalue weighted by Gasteiger charge is -2.10. The Morgan fingerprint density at radius 1 is 1.41 bits per heavy atom. The second kappa shape index (κ2) is 4.72. The molecule has 6 nitrogen and oxygen atoms in total. The van der Waals surface area contributed by atoms with E-state index in [1.807, 2.05) is 0 Å². The molecular formula is C10H10N2O4S. The van der Waals surface area contributed by atoms with Crippen LogP contribution in [0.2, 0.25) is 0 Å². The predicted octanol–water partition coefficient (Wildman–Crippen LogP) is -0.978. The van der Waals surface area contributed by atoms with E-state index in [1.165, 1.54) is 23.9 Å². The number of aliphatic carboxylic acids is 1. The number of hydrogen-bond acceptors (Lipinski definition) is 5. The zero-order valence-corrected chi connectivity index (χ0v) is 9.55. The van der Waals surface area contributed by atoms with Gasteiger partial charge in [-0.25, -0.2) is 0 Å². The summed E-state index contributed by atoms with van der Waals surface area (Å²) in [5.41, 5.74) is 0.914. The summed E-state index contributed by atoms with van der Waals surface area (Å²) < 4.78 is 0. The van der Waals surface area contributed by atoms with E-state index in [1.54, 1.807) is 17.4 Å². The fourth-order valence-electron chi connectivity index (χ4n) is 1.67. The van der Waals surface area contributed by atoms with E-state index >= 15 is 0 Å². The molecule has 1 heterocycles. The van der Waals surface area contributed by atoms with Gasteiger partial charge in [-0.2, -0.15) is 0 Å². The maximum Gasteiger partial charge on any atom is 0.269 e. The Morgan fingerprint density at radius 2 is 2.06 bits per heavy atom. The number of benzene rings is 1. The van der Waals surface area contributed by atoms with Crippen LogP contribution in [0, 0.1) is 10.1 Å². The second-order valence-electron chi connectivity index (χ2n) is 3.72. The first-order valence-electron chi connectivity index (χ1n) is 5.00. The SMILES string of the molecule is O=C([O-])C1CSC(c2ccc([N+](=O)[O-])cc2)[NH2+]1. The molecule has 2 rings (SSSR count). The van der Waals surface area contributed by atoms with Crippen LogP contribution in [-0.4, -0.2) is 22.7 Å². The maximum atomic E-state index is 10.7. The average molecular weight is 254 g/mol. The Hall–Kier alpha value is -1.60. The van der Waals surface area contributed by atoms with Gasteiger partial charge in [0.05, 0.1) is 10.7 Å². The molecule has 2 unspecified atom stereocenters. The molecule has 7 heteroatoms. The van der Waals surface area contributed by atoms with Crippen LogP contribution in [0.1, 0.15) is 10.9 Å². The molecule has 90 valence electrons. The highest BCUT2D eigenvalue weighted by Gasteiger charge is 2.30. The number of carboxylic acid groups (broad SMARTS) is 1. The molecule has 1 saturated heterocycles. The number of non-ortho nitro benzene ring substituents is 1. The number of nitro groups is 1. The zero-order chi connectivity index (χ0) is 12.4. The van der Waals surface area contributed by atoms with Crippen molar-refractivity contribution in [3.63, 3.8) is 0 Å². The highest BCUT2D eigenvalue weighted by atomic mass is 32.2. The quantitative estimate of drug-likeness (QED) is 0.552. The number of carbonyl (C=O) groups is 1. The van der Waals surface area contributed by atoms with Crippen molar-refractivity contribution in [2.45, 2.75) is 11.4 Å². The van der Waals surface area contributed by atoms with E-state index in [0.29, 0.717) is 5.75 Å². The molecule has 0 spiro atoms. The van der Waals surface area contributed by atoms with Crippen LogP contribution in [-0.2, 0) is 4.79 Å². The Morgan fingerprint density at radius 3 is 2.53 bits per heavy atom. The fourth-order valence-corrected chi connectivity index (χ4v) is 2.98. The van der Waals surface area contributed by atoms with Crippen molar-refractivity contribution in [1.29, 1.82) is 0 Å². The molecule has 0 amide bonds. The molecule has 1 aliphatic heterocycles. The molecule has 0 bridgehead atoms. The minimum Gasteiger partial charge on any atom is -0.544 e. The van der Waals surface area contributed by atoms with E-state index < -0.39 is 16.9 Å². The van der Waals surface area contributed by atoms with Gasteiger partial charge in [0.1, 0.15) is 12.0 Å². The molecule has 17 heavy (non-hydrogen) atoms. The largest absolute Gasteiger partial charge is 0.544 e. The minimum atomic E-state index is -1.07. The normalized spacial score (nSPS) is 23.5. The monoisotopic (exact) mass is 254 g/mol. The Labute approximate surface area is 101 Å². The van der Waals surface area contributed by atoms with Gasteiger partial charge in [0.2, 0.25) is 0 Å². The number of carbonyl (C=O) groups excluding carboxylic acids is 1. The molecule has 2 atom stereocenters. The van der Waals surface area contributed by atoms with E-state index in [2.05, 4.69) is 0 Å². The fraction of sp³-hybridized carbons (Fsp3) is 0.300. The van der Waals surface area contributed by atoms with Crippen LogP contribution in [0.25, 0.3) is 0 Å². The molecule has 0 aromatic heterocycles. The number of quaternary nitrogens is 1. The first kappa shape index (κ1) is 11.9. The van der Waals surface area contributed by atoms with Crippen LogP contribution in [0.15, 0.2) is 24.3 Å². The van der Waals surface area contributed by atoms with Gasteiger partial charge in [-0.15, -0.1) is 0 Å². The van der Waals surface area contributed by atoms with Crippen LogP contribution < -0.4 is 10.4 Å². The number of nitrogens with two attached hydrogens (primary N) is 1. The lowest BCUT2D eigenvalue weighted by atomic mass is 10.2. The topological polar surface area (TPSA) is 99.9 Å². The Bertz CT molecular complexity index is 448. The third kappa shape index (κ3) is 2.56. The molecule has 2 N–H and O–H groups in total. The van der Waals surface area contributed by atoms with Crippen molar-refractivity contribution in [2.75, 3.05) is 5.75 Å². The molecule has 1 aromatic carbocycles. The standard InChI is InChI=1S/C10H10N2O4S/c13-10(14)8-5-17-9(11-8)6-1-3-7(4-2-6)12(15)16/h1-4,8-9,11H,5H2,(H,13,14). The summed E-state index contributed by atoms with van der Waals surface area (Å²) in [6, 6.07) is 5.63. The third-order valence-electron chi connectivity index (χ3n) is 2.60. The minimum absolute atomic E-state index is 0.0290. The van der Waals surface area contributed by atoms with Crippen molar-refractivity contribution >= 4 is 23.4 Å². The van der Waals surface area contributed by atoms with Crippen molar-refractivity contribution in [3.8, 4) is 0 Å². The summed E-state index contributed by atoms with van der Waals surface area (Å²) in [4.78, 5) is 20.7. The first-order chi connectivity index (χ1) is 8.08. The van der Waals surface area contributed by atoms with Crippen molar-refractivity contribution in [3.05, 3.63) is 39.9 Å². The lowest BCUT2D eigenvalue weighted by Crippen LogP contribution is -2.90. The van der Waals surface area contributed by atoms with E-state index in [0.717, 1.165) is 5.56 Å². The molecule has 1 aliphatic rings. The van der Waals surface area contributed by atoms with Crippen molar-refractivity contribution in [2.24, 2.45) is 0 Å². The maximum absolute atomic E-state index is 10.7. The summed E-state index contributed by atoms with van der Waals surface area (Å²) in [6.45, 7) is 0. The van der Waals surface area contributed by atoms with Gasteiger partial charge in [-0.1, -0.05) is 11.8 Å². The third-order valence-corrected chi connectivity index (χ3v) is 3.94. The molecule has 1 fully saturated rings. The van der Waals surface area contributed by atoms with Gasteiger partial charge >= 0.3 is 0 Å². The zero-order valence-electron chi connectivity index (χ0n) is 8.74. The summed E-state index contributed by atoms with van der Waals surface area (Å²) in [6.07, 6.45) is 0. The molecule has 0 aliphatic carbocycles. The predicted molar refractivity (Wildman–Crippen MR) is 59.0 cm³/mol. The van der Waals surface area contributed by atoms with E-state index in [-0.39, 0.29) is 11.1 Å². The number of nitro benzene ring substituents is 1. The van der Waals surface area contributed by atoms with Gasteiger partial charge in [0, 0.05) is 17.7 Å². The van der Waals surface area contributed by atoms with Crippen LogP contribution in [0.3, 0.4) is 0 Å². The highest BCUT2D eigenvalue weighted by molar-refractivity contribution is 7.99. The number of carboxylic acids is 1. The number of nitrogens with zero attached hydrogens (tertiary/aromatic N) is 1. The molecule has 0 radical (unpaired) electrons. The van der Waals surface area contributed by atoms with Gasteiger partial charge in [0.25, 0.3) is 5.69 Å². The van der Waals surface area contributed by atoms with E-state index in [9.17, 15) is 20.0 Å². The van der Waals surface area contributed by atoms with Crippen LogP contribution >= 0.6 is 11.8 Å². The summed E-state index contributed by atoms with van der Waals surface area (Å²) >= 11 is 1.50. The number of hydrogen-bond donors (Lipinski definition) is 1. The average Bonchev–Trinajstić information content (AvgIpc) is 2.78. The number of thioether (sulfide) groups is 1. The second-order valence-corrected chi connectivity index (χ2v) is 4.90. The summed E-state index contributed by atoms with van der Waals surface area (Å²) in [5, 5.41) is 22.8. The smallest absolute Gasteiger partial charge is 0.269 e. The van der Waals surface area contributed by atoms with Crippen LogP contribution in [0.4, 0.5) is 5.69 Å². The Kier molecular flexibility index (Phi) is 3.30. The van der Waals surface area contributed by atoms with Crippen LogP contribution in [0.5, 0.6) is 0 Å². The van der Waals surface area contributed by atoms with Crippen molar-refractivity contribution in [1.82, 2.24) is 0 Å². The summed E-state index contributed by atoms with van der Waals surface area (Å²) in [7, 11) is 0. The van der Waals surface area contributed by atoms with Gasteiger partial charge in [-0.05, 0) is 12.1 Å². The van der Waals surface area contributed by atoms with Gasteiger partial charge in [0.15, 0.2) is 5.37 Å². The first-order valence-corrected chi connectivity index (χ1v) is 6.04. The summed E-state index contributed by atoms with van der Waals surface area (Å²) in [5.74, 6) is -0.578. The van der Waals surface area contributed by atoms with Crippen molar-refractivity contribution < 1.29 is 20.1 Å². The van der Waals surface area contributed by atoms with E-state index in [4.69, 9.17) is 0 Å². The molecule has 0 saturated carbocycles. The van der Waals surface area contributed by atoms with Gasteiger partial charge in [-0.3, -0.25) is 10.1 Å². The number of rotatable bonds is 3. The van der Waals surface area contributed by atoms with Gasteiger partial charge < -0.3 is 15.2 Å². The molecule has 1 aromatic rings. The lowest BCUT2D eigenvalue weighted by molar-refractivity contribution is -0.690. The molecular weight excluding hydrogens is 244 g/mol. The highest BCUT2D eigenvalue weighted by Crippen LogP contribution is 2.27. The Balaban J connectivity index is 2.09.